The molecular formula is C45H70O5. The maximum atomic E-state index is 7.34. The Kier molecular flexibility index (Phi) is 12.3. The Hall–Kier alpha value is -1.66. The molecule has 0 radical (unpaired) electrons. The van der Waals surface area contributed by atoms with Crippen LogP contribution in [0.5, 0.6) is 5.75 Å². The predicted molar refractivity (Wildman–Crippen MR) is 203 cm³/mol. The highest BCUT2D eigenvalue weighted by molar-refractivity contribution is 5.27. The number of fused-ring (bicyclic) bond motifs is 5. The Labute approximate surface area is 305 Å². The van der Waals surface area contributed by atoms with E-state index in [0.717, 1.165) is 41.4 Å². The molecule has 0 aromatic heterocycles. The Morgan fingerprint density at radius 2 is 1.76 bits per heavy atom. The molecule has 0 spiro atoms. The Bertz CT molecular complexity index is 1290. The second-order valence-corrected chi connectivity index (χ2v) is 18.2. The van der Waals surface area contributed by atoms with E-state index in [2.05, 4.69) is 73.3 Å². The van der Waals surface area contributed by atoms with Gasteiger partial charge in [-0.1, -0.05) is 97.6 Å². The third kappa shape index (κ3) is 7.68. The lowest BCUT2D eigenvalue weighted by molar-refractivity contribution is -0.280. The van der Waals surface area contributed by atoms with Crippen molar-refractivity contribution in [3.63, 3.8) is 0 Å². The molecule has 1 aromatic carbocycles. The van der Waals surface area contributed by atoms with E-state index >= 15 is 0 Å². The zero-order chi connectivity index (χ0) is 35.6. The van der Waals surface area contributed by atoms with Crippen LogP contribution in [-0.4, -0.2) is 44.9 Å². The van der Waals surface area contributed by atoms with Crippen LogP contribution in [0.4, 0.5) is 0 Å². The van der Waals surface area contributed by atoms with E-state index in [1.165, 1.54) is 57.8 Å². The molecule has 1 aromatic rings. The minimum atomic E-state index is -0.309. The van der Waals surface area contributed by atoms with Gasteiger partial charge in [-0.2, -0.15) is 0 Å². The molecule has 6 rings (SSSR count). The van der Waals surface area contributed by atoms with E-state index < -0.39 is 0 Å². The van der Waals surface area contributed by atoms with Crippen LogP contribution >= 0.6 is 0 Å². The van der Waals surface area contributed by atoms with E-state index in [1.54, 1.807) is 12.7 Å². The van der Waals surface area contributed by atoms with Crippen molar-refractivity contribution < 1.29 is 23.7 Å². The van der Waals surface area contributed by atoms with Gasteiger partial charge in [-0.3, -0.25) is 0 Å². The van der Waals surface area contributed by atoms with Gasteiger partial charge in [-0.05, 0) is 115 Å². The monoisotopic (exact) mass is 691 g/mol. The summed E-state index contributed by atoms with van der Waals surface area (Å²) in [5.74, 6) is 5.91. The number of methoxy groups -OCH3 is 1. The van der Waals surface area contributed by atoms with Crippen molar-refractivity contribution in [2.45, 2.75) is 144 Å². The average Bonchev–Trinajstić information content (AvgIpc) is 3.40. The fourth-order valence-corrected chi connectivity index (χ4v) is 11.8. The predicted octanol–water partition coefficient (Wildman–Crippen LogP) is 10.8. The largest absolute Gasteiger partial charge is 0.497 e. The minimum absolute atomic E-state index is 0.0351. The van der Waals surface area contributed by atoms with Gasteiger partial charge in [-0.25, -0.2) is 0 Å². The molecule has 4 aliphatic carbocycles. The number of rotatable bonds is 14. The Morgan fingerprint density at radius 1 is 0.980 bits per heavy atom. The normalized spacial score (nSPS) is 40.4. The number of hydrogen-bond donors (Lipinski definition) is 0. The lowest BCUT2D eigenvalue weighted by Crippen LogP contribution is -2.53. The zero-order valence-corrected chi connectivity index (χ0v) is 32.8. The topological polar surface area (TPSA) is 46.2 Å². The van der Waals surface area contributed by atoms with Crippen molar-refractivity contribution in [1.82, 2.24) is 0 Å². The molecule has 1 saturated heterocycles. The second kappa shape index (κ2) is 16.1. The molecule has 0 bridgehead atoms. The van der Waals surface area contributed by atoms with Crippen LogP contribution < -0.4 is 4.74 Å². The van der Waals surface area contributed by atoms with E-state index in [-0.39, 0.29) is 30.5 Å². The SMILES string of the molecule is C=CCOC1C(OCc2ccc(OC)cc2)COC(O[C@H]2C[C@H]3[C@@H]4CC=C5C[C@@H](C)CC[C@]5(C)[C@H]4CC[C@]3(C)[C@H]2[C@H](C)CCCC(C)C)C1C. The number of ether oxygens (including phenoxy) is 5. The smallest absolute Gasteiger partial charge is 0.163 e. The first-order valence-electron chi connectivity index (χ1n) is 20.4. The third-order valence-electron chi connectivity index (χ3n) is 14.6. The molecule has 5 heteroatoms. The molecule has 5 aliphatic rings. The van der Waals surface area contributed by atoms with Crippen LogP contribution in [0.15, 0.2) is 48.6 Å². The number of benzene rings is 1. The Morgan fingerprint density at radius 3 is 2.48 bits per heavy atom. The number of hydrogen-bond acceptors (Lipinski definition) is 5. The summed E-state index contributed by atoms with van der Waals surface area (Å²) in [6.45, 7) is 22.7. The summed E-state index contributed by atoms with van der Waals surface area (Å²) in [5, 5.41) is 0. The van der Waals surface area contributed by atoms with Crippen molar-refractivity contribution in [2.75, 3.05) is 20.3 Å². The third-order valence-corrected chi connectivity index (χ3v) is 14.6. The van der Waals surface area contributed by atoms with Crippen molar-refractivity contribution in [2.24, 2.45) is 58.2 Å². The second-order valence-electron chi connectivity index (χ2n) is 18.2. The quantitative estimate of drug-likeness (QED) is 0.182. The first-order valence-corrected chi connectivity index (χ1v) is 20.4. The maximum Gasteiger partial charge on any atom is 0.163 e. The van der Waals surface area contributed by atoms with Crippen LogP contribution in [0.1, 0.15) is 118 Å². The van der Waals surface area contributed by atoms with Crippen molar-refractivity contribution in [1.29, 1.82) is 0 Å². The molecule has 3 saturated carbocycles. The molecule has 1 aliphatic heterocycles. The molecule has 4 fully saturated rings. The summed E-state index contributed by atoms with van der Waals surface area (Å²) < 4.78 is 32.3. The van der Waals surface area contributed by atoms with Crippen molar-refractivity contribution in [3.05, 3.63) is 54.1 Å². The molecule has 0 N–H and O–H groups in total. The molecular weight excluding hydrogens is 620 g/mol. The maximum absolute atomic E-state index is 7.34. The van der Waals surface area contributed by atoms with Gasteiger partial charge in [0.2, 0.25) is 0 Å². The zero-order valence-electron chi connectivity index (χ0n) is 32.8. The van der Waals surface area contributed by atoms with Gasteiger partial charge in [0.05, 0.1) is 39.1 Å². The van der Waals surface area contributed by atoms with E-state index in [9.17, 15) is 0 Å². The summed E-state index contributed by atoms with van der Waals surface area (Å²) in [6, 6.07) is 8.08. The van der Waals surface area contributed by atoms with Gasteiger partial charge in [0.1, 0.15) is 11.9 Å². The highest BCUT2D eigenvalue weighted by atomic mass is 16.7. The van der Waals surface area contributed by atoms with E-state index in [4.69, 9.17) is 23.7 Å². The van der Waals surface area contributed by atoms with Gasteiger partial charge in [0, 0.05) is 5.92 Å². The van der Waals surface area contributed by atoms with Crippen molar-refractivity contribution >= 4 is 0 Å². The first-order chi connectivity index (χ1) is 24.0. The first kappa shape index (κ1) is 38.1. The summed E-state index contributed by atoms with van der Waals surface area (Å²) >= 11 is 0. The molecule has 0 amide bonds. The molecule has 280 valence electrons. The lowest BCUT2D eigenvalue weighted by atomic mass is 9.46. The van der Waals surface area contributed by atoms with Gasteiger partial charge in [0.15, 0.2) is 6.29 Å². The molecule has 5 nitrogen and oxygen atoms in total. The number of allylic oxidation sites excluding steroid dienone is 2. The average molecular weight is 691 g/mol. The van der Waals surface area contributed by atoms with Crippen LogP contribution in [0.3, 0.4) is 0 Å². The fraction of sp³-hybridized carbons (Fsp3) is 0.778. The van der Waals surface area contributed by atoms with Crippen LogP contribution in [0, 0.1) is 58.2 Å². The highest BCUT2D eigenvalue weighted by Crippen LogP contribution is 2.68. The summed E-state index contributed by atoms with van der Waals surface area (Å²) in [6.07, 6.45) is 17.3. The highest BCUT2D eigenvalue weighted by Gasteiger charge is 2.62. The van der Waals surface area contributed by atoms with Gasteiger partial charge < -0.3 is 23.7 Å². The summed E-state index contributed by atoms with van der Waals surface area (Å²) in [7, 11) is 1.69. The molecule has 1 heterocycles. The Balaban J connectivity index is 1.20. The van der Waals surface area contributed by atoms with E-state index in [0.29, 0.717) is 48.4 Å². The molecule has 13 atom stereocenters. The fourth-order valence-electron chi connectivity index (χ4n) is 11.8. The summed E-state index contributed by atoms with van der Waals surface area (Å²) in [4.78, 5) is 0. The van der Waals surface area contributed by atoms with Crippen LogP contribution in [0.2, 0.25) is 0 Å². The van der Waals surface area contributed by atoms with Crippen LogP contribution in [0.25, 0.3) is 0 Å². The minimum Gasteiger partial charge on any atom is -0.497 e. The van der Waals surface area contributed by atoms with Crippen molar-refractivity contribution in [3.8, 4) is 5.75 Å². The van der Waals surface area contributed by atoms with Gasteiger partial charge in [-0.15, -0.1) is 6.58 Å². The van der Waals surface area contributed by atoms with E-state index in [1.807, 2.05) is 18.2 Å². The lowest BCUT2D eigenvalue weighted by Gasteiger charge is -2.58. The van der Waals surface area contributed by atoms with Gasteiger partial charge >= 0.3 is 0 Å². The summed E-state index contributed by atoms with van der Waals surface area (Å²) in [5.41, 5.74) is 3.60. The molecule has 4 unspecified atom stereocenters. The standard InChI is InChI=1S/C45H70O5/c1-10-24-47-42-32(6)43(49-28-40(42)48-27-33-14-17-35(46-9)18-15-33)50-39-26-38-36-19-16-34-25-30(4)20-22-44(34,7)37(36)21-23-45(38,8)41(39)31(5)13-11-12-29(2)3/h10,14-18,29-32,36-43H,1,11-13,19-28H2,2-9H3/t30-,31+,32?,36+,37-,38-,39-,40?,41-,42?,43?,44-,45-/m0/s1. The van der Waals surface area contributed by atoms with Crippen LogP contribution in [-0.2, 0) is 25.6 Å². The van der Waals surface area contributed by atoms with Gasteiger partial charge in [0.25, 0.3) is 0 Å². The molecule has 50 heavy (non-hydrogen) atoms.